The van der Waals surface area contributed by atoms with Crippen LogP contribution in [-0.2, 0) is 4.79 Å². The van der Waals surface area contributed by atoms with Gasteiger partial charge >= 0.3 is 0 Å². The lowest BCUT2D eigenvalue weighted by molar-refractivity contribution is -0.118. The quantitative estimate of drug-likeness (QED) is 0.821. The summed E-state index contributed by atoms with van der Waals surface area (Å²) in [6, 6.07) is 10.7. The maximum atomic E-state index is 11.9. The molecule has 2 rings (SSSR count). The molecule has 0 saturated carbocycles. The van der Waals surface area contributed by atoms with Crippen LogP contribution in [0.3, 0.4) is 0 Å². The first-order valence-corrected chi connectivity index (χ1v) is 7.53. The van der Waals surface area contributed by atoms with Crippen molar-refractivity contribution < 1.29 is 14.3 Å². The van der Waals surface area contributed by atoms with E-state index in [4.69, 9.17) is 4.74 Å². The number of ether oxygens (including phenoxy) is 1. The van der Waals surface area contributed by atoms with Crippen molar-refractivity contribution in [2.45, 2.75) is 13.8 Å². The third-order valence-corrected chi connectivity index (χ3v) is 3.86. The van der Waals surface area contributed by atoms with Crippen molar-refractivity contribution in [1.82, 2.24) is 0 Å². The average molecular weight is 362 g/mol. The SMILES string of the molecule is Cc1ccc(NC(=O)COc2ccc(C=O)cc2Br)cc1C. The minimum absolute atomic E-state index is 0.105. The Morgan fingerprint density at radius 2 is 1.95 bits per heavy atom. The minimum atomic E-state index is -0.241. The number of carbonyl (C=O) groups excluding carboxylic acids is 2. The highest BCUT2D eigenvalue weighted by molar-refractivity contribution is 9.10. The van der Waals surface area contributed by atoms with E-state index in [1.807, 2.05) is 32.0 Å². The van der Waals surface area contributed by atoms with Crippen molar-refractivity contribution >= 4 is 33.8 Å². The van der Waals surface area contributed by atoms with Crippen LogP contribution in [0.4, 0.5) is 5.69 Å². The van der Waals surface area contributed by atoms with Crippen LogP contribution in [0.2, 0.25) is 0 Å². The van der Waals surface area contributed by atoms with E-state index in [-0.39, 0.29) is 12.5 Å². The fourth-order valence-electron chi connectivity index (χ4n) is 1.87. The molecule has 5 heteroatoms. The average Bonchev–Trinajstić information content (AvgIpc) is 2.49. The van der Waals surface area contributed by atoms with E-state index < -0.39 is 0 Å². The molecule has 0 bridgehead atoms. The van der Waals surface area contributed by atoms with Crippen LogP contribution in [0.1, 0.15) is 21.5 Å². The van der Waals surface area contributed by atoms with Crippen molar-refractivity contribution in [3.8, 4) is 5.75 Å². The van der Waals surface area contributed by atoms with Gasteiger partial charge < -0.3 is 10.1 Å². The molecule has 1 N–H and O–H groups in total. The van der Waals surface area contributed by atoms with Gasteiger partial charge in [0, 0.05) is 11.3 Å². The van der Waals surface area contributed by atoms with Crippen molar-refractivity contribution in [3.63, 3.8) is 0 Å². The Morgan fingerprint density at radius 3 is 2.59 bits per heavy atom. The monoisotopic (exact) mass is 361 g/mol. The van der Waals surface area contributed by atoms with Crippen LogP contribution in [0, 0.1) is 13.8 Å². The van der Waals surface area contributed by atoms with Crippen molar-refractivity contribution in [3.05, 3.63) is 57.6 Å². The molecule has 4 nitrogen and oxygen atoms in total. The normalized spacial score (nSPS) is 10.1. The number of benzene rings is 2. The first-order valence-electron chi connectivity index (χ1n) is 6.74. The summed E-state index contributed by atoms with van der Waals surface area (Å²) in [6.45, 7) is 3.91. The van der Waals surface area contributed by atoms with Gasteiger partial charge in [-0.15, -0.1) is 0 Å². The summed E-state index contributed by atoms with van der Waals surface area (Å²) >= 11 is 3.31. The molecule has 1 amide bonds. The summed E-state index contributed by atoms with van der Waals surface area (Å²) in [5, 5.41) is 2.79. The van der Waals surface area contributed by atoms with Crippen LogP contribution in [-0.4, -0.2) is 18.8 Å². The van der Waals surface area contributed by atoms with Crippen LogP contribution < -0.4 is 10.1 Å². The van der Waals surface area contributed by atoms with E-state index in [1.165, 1.54) is 5.56 Å². The fraction of sp³-hybridized carbons (Fsp3) is 0.176. The third kappa shape index (κ3) is 4.18. The lowest BCUT2D eigenvalue weighted by Crippen LogP contribution is -2.20. The number of nitrogens with one attached hydrogen (secondary N) is 1. The molecule has 0 unspecified atom stereocenters. The number of aryl methyl sites for hydroxylation is 2. The molecule has 0 aliphatic heterocycles. The van der Waals surface area contributed by atoms with Crippen LogP contribution in [0.15, 0.2) is 40.9 Å². The number of aldehydes is 1. The highest BCUT2D eigenvalue weighted by atomic mass is 79.9. The molecule has 0 aromatic heterocycles. The predicted molar refractivity (Wildman–Crippen MR) is 89.6 cm³/mol. The molecular weight excluding hydrogens is 346 g/mol. The van der Waals surface area contributed by atoms with E-state index >= 15 is 0 Å². The Bertz CT molecular complexity index is 713. The van der Waals surface area contributed by atoms with Gasteiger partial charge in [0.1, 0.15) is 12.0 Å². The first-order chi connectivity index (χ1) is 10.5. The molecule has 0 spiro atoms. The summed E-state index contributed by atoms with van der Waals surface area (Å²) in [5.74, 6) is 0.274. The molecular formula is C17H16BrNO3. The largest absolute Gasteiger partial charge is 0.483 e. The van der Waals surface area contributed by atoms with Gasteiger partial charge in [-0.05, 0) is 71.2 Å². The summed E-state index contributed by atoms with van der Waals surface area (Å²) in [4.78, 5) is 22.6. The van der Waals surface area contributed by atoms with Gasteiger partial charge in [-0.3, -0.25) is 9.59 Å². The number of anilines is 1. The maximum absolute atomic E-state index is 11.9. The van der Waals surface area contributed by atoms with E-state index in [0.29, 0.717) is 15.8 Å². The summed E-state index contributed by atoms with van der Waals surface area (Å²) in [6.07, 6.45) is 0.751. The Morgan fingerprint density at radius 1 is 1.18 bits per heavy atom. The fourth-order valence-corrected chi connectivity index (χ4v) is 2.38. The number of hydrogen-bond acceptors (Lipinski definition) is 3. The second kappa shape index (κ2) is 7.22. The Labute approximate surface area is 137 Å². The lowest BCUT2D eigenvalue weighted by Gasteiger charge is -2.10. The molecule has 114 valence electrons. The number of carbonyl (C=O) groups is 2. The molecule has 0 heterocycles. The zero-order chi connectivity index (χ0) is 16.1. The number of hydrogen-bond donors (Lipinski definition) is 1. The molecule has 2 aromatic carbocycles. The summed E-state index contributed by atoms with van der Waals surface area (Å²) < 4.78 is 6.08. The summed E-state index contributed by atoms with van der Waals surface area (Å²) in [7, 11) is 0. The molecule has 2 aromatic rings. The van der Waals surface area contributed by atoms with Crippen molar-refractivity contribution in [2.75, 3.05) is 11.9 Å². The second-order valence-corrected chi connectivity index (χ2v) is 5.80. The standard InChI is InChI=1S/C17H16BrNO3/c1-11-3-5-14(7-12(11)2)19-17(21)10-22-16-6-4-13(9-20)8-15(16)18/h3-9H,10H2,1-2H3,(H,19,21). The Kier molecular flexibility index (Phi) is 5.33. The van der Waals surface area contributed by atoms with Crippen LogP contribution >= 0.6 is 15.9 Å². The third-order valence-electron chi connectivity index (χ3n) is 3.24. The summed E-state index contributed by atoms with van der Waals surface area (Å²) in [5.41, 5.74) is 3.57. The number of amides is 1. The van der Waals surface area contributed by atoms with Gasteiger partial charge in [0.2, 0.25) is 0 Å². The first kappa shape index (κ1) is 16.2. The van der Waals surface area contributed by atoms with Crippen molar-refractivity contribution in [2.24, 2.45) is 0 Å². The second-order valence-electron chi connectivity index (χ2n) is 4.94. The van der Waals surface area contributed by atoms with E-state index in [2.05, 4.69) is 21.2 Å². The molecule has 0 atom stereocenters. The smallest absolute Gasteiger partial charge is 0.262 e. The zero-order valence-electron chi connectivity index (χ0n) is 12.4. The maximum Gasteiger partial charge on any atom is 0.262 e. The molecule has 0 saturated heterocycles. The minimum Gasteiger partial charge on any atom is -0.483 e. The van der Waals surface area contributed by atoms with E-state index in [1.54, 1.807) is 18.2 Å². The van der Waals surface area contributed by atoms with Crippen LogP contribution in [0.5, 0.6) is 5.75 Å². The van der Waals surface area contributed by atoms with Gasteiger partial charge in [-0.1, -0.05) is 6.07 Å². The topological polar surface area (TPSA) is 55.4 Å². The van der Waals surface area contributed by atoms with Crippen LogP contribution in [0.25, 0.3) is 0 Å². The number of rotatable bonds is 5. The molecule has 0 aliphatic carbocycles. The lowest BCUT2D eigenvalue weighted by atomic mass is 10.1. The van der Waals surface area contributed by atoms with Gasteiger partial charge in [0.25, 0.3) is 5.91 Å². The molecule has 0 radical (unpaired) electrons. The van der Waals surface area contributed by atoms with Gasteiger partial charge in [-0.2, -0.15) is 0 Å². The molecule has 0 fully saturated rings. The molecule has 0 aliphatic rings. The Hall–Kier alpha value is -2.14. The number of halogens is 1. The zero-order valence-corrected chi connectivity index (χ0v) is 13.9. The van der Waals surface area contributed by atoms with E-state index in [0.717, 1.165) is 17.5 Å². The van der Waals surface area contributed by atoms with E-state index in [9.17, 15) is 9.59 Å². The van der Waals surface area contributed by atoms with Crippen molar-refractivity contribution in [1.29, 1.82) is 0 Å². The predicted octanol–water partition coefficient (Wildman–Crippen LogP) is 3.90. The van der Waals surface area contributed by atoms with Gasteiger partial charge in [0.05, 0.1) is 4.47 Å². The molecule has 22 heavy (non-hydrogen) atoms. The highest BCUT2D eigenvalue weighted by Gasteiger charge is 2.07. The van der Waals surface area contributed by atoms with Gasteiger partial charge in [-0.25, -0.2) is 0 Å². The Balaban J connectivity index is 1.95. The highest BCUT2D eigenvalue weighted by Crippen LogP contribution is 2.25. The van der Waals surface area contributed by atoms with Gasteiger partial charge in [0.15, 0.2) is 6.61 Å².